The molecule has 0 heterocycles. The zero-order chi connectivity index (χ0) is 14.8. The lowest BCUT2D eigenvalue weighted by Crippen LogP contribution is -1.97. The molecule has 0 radical (unpaired) electrons. The van der Waals surface area contributed by atoms with Gasteiger partial charge >= 0.3 is 0 Å². The highest BCUT2D eigenvalue weighted by atomic mass is 16.4. The van der Waals surface area contributed by atoms with E-state index < -0.39 is 5.97 Å². The molecule has 0 rings (SSSR count). The van der Waals surface area contributed by atoms with Crippen LogP contribution in [-0.4, -0.2) is 17.6 Å². The number of hydrogen-bond acceptors (Lipinski definition) is 2. The Morgan fingerprint density at radius 2 is 1.05 bits per heavy atom. The van der Waals surface area contributed by atoms with Gasteiger partial charge in [-0.15, -0.1) is 0 Å². The van der Waals surface area contributed by atoms with E-state index in [0.29, 0.717) is 0 Å². The average molecular weight is 273 g/mol. The smallest absolute Gasteiger partial charge is 0.300 e. The third-order valence-corrected chi connectivity index (χ3v) is 3.06. The molecule has 0 bridgehead atoms. The lowest BCUT2D eigenvalue weighted by molar-refractivity contribution is -0.134. The Kier molecular flexibility index (Phi) is 21.6. The lowest BCUT2D eigenvalue weighted by atomic mass is 10.1. The molecule has 3 heteroatoms. The predicted molar refractivity (Wildman–Crippen MR) is 83.4 cm³/mol. The number of carbonyl (C=O) groups is 1. The highest BCUT2D eigenvalue weighted by Gasteiger charge is 1.92. The van der Waals surface area contributed by atoms with Gasteiger partial charge < -0.3 is 10.8 Å². The molecule has 0 aromatic heterocycles. The molecule has 0 saturated heterocycles. The van der Waals surface area contributed by atoms with E-state index in [9.17, 15) is 0 Å². The second-order valence-electron chi connectivity index (χ2n) is 5.20. The van der Waals surface area contributed by atoms with Crippen LogP contribution in [0.25, 0.3) is 0 Å². The first kappa shape index (κ1) is 20.7. The quantitative estimate of drug-likeness (QED) is 0.505. The summed E-state index contributed by atoms with van der Waals surface area (Å²) in [6.45, 7) is 4.23. The Bertz CT molecular complexity index is 156. The summed E-state index contributed by atoms with van der Waals surface area (Å²) in [6, 6.07) is 0. The first-order chi connectivity index (χ1) is 9.15. The molecular formula is C16H35NO2. The fourth-order valence-electron chi connectivity index (χ4n) is 1.99. The second kappa shape index (κ2) is 19.8. The van der Waals surface area contributed by atoms with Gasteiger partial charge in [0.1, 0.15) is 0 Å². The summed E-state index contributed by atoms with van der Waals surface area (Å²) >= 11 is 0. The van der Waals surface area contributed by atoms with Crippen molar-refractivity contribution in [3.63, 3.8) is 0 Å². The molecule has 0 aliphatic heterocycles. The van der Waals surface area contributed by atoms with Crippen molar-refractivity contribution < 1.29 is 9.90 Å². The summed E-state index contributed by atoms with van der Waals surface area (Å²) in [5, 5.41) is 7.42. The molecule has 0 aromatic rings. The molecule has 116 valence electrons. The van der Waals surface area contributed by atoms with Crippen molar-refractivity contribution in [1.29, 1.82) is 0 Å². The number of carboxylic acid groups (broad SMARTS) is 1. The molecule has 0 fully saturated rings. The SMILES string of the molecule is CC(=O)O.CCCCCCCCCCCCCCN. The van der Waals surface area contributed by atoms with E-state index in [1.54, 1.807) is 0 Å². The minimum atomic E-state index is -0.833. The van der Waals surface area contributed by atoms with Gasteiger partial charge in [0, 0.05) is 6.92 Å². The fourth-order valence-corrected chi connectivity index (χ4v) is 1.99. The van der Waals surface area contributed by atoms with Crippen molar-refractivity contribution >= 4 is 5.97 Å². The van der Waals surface area contributed by atoms with Gasteiger partial charge in [-0.25, -0.2) is 0 Å². The van der Waals surface area contributed by atoms with Gasteiger partial charge in [0.25, 0.3) is 5.97 Å². The van der Waals surface area contributed by atoms with Crippen molar-refractivity contribution in [2.24, 2.45) is 5.73 Å². The molecule has 0 aromatic carbocycles. The summed E-state index contributed by atoms with van der Waals surface area (Å²) in [4.78, 5) is 9.00. The Hall–Kier alpha value is -0.570. The summed E-state index contributed by atoms with van der Waals surface area (Å²) in [5.41, 5.74) is 5.45. The predicted octanol–water partition coefficient (Wildman–Crippen LogP) is 4.74. The van der Waals surface area contributed by atoms with E-state index >= 15 is 0 Å². The highest BCUT2D eigenvalue weighted by Crippen LogP contribution is 2.11. The number of carboxylic acids is 1. The van der Waals surface area contributed by atoms with Crippen molar-refractivity contribution in [2.45, 2.75) is 90.9 Å². The maximum Gasteiger partial charge on any atom is 0.300 e. The van der Waals surface area contributed by atoms with Gasteiger partial charge in [0.2, 0.25) is 0 Å². The van der Waals surface area contributed by atoms with Crippen molar-refractivity contribution in [1.82, 2.24) is 0 Å². The summed E-state index contributed by atoms with van der Waals surface area (Å²) in [7, 11) is 0. The maximum atomic E-state index is 9.00. The van der Waals surface area contributed by atoms with Crippen LogP contribution in [0.5, 0.6) is 0 Å². The summed E-state index contributed by atoms with van der Waals surface area (Å²) < 4.78 is 0. The van der Waals surface area contributed by atoms with Crippen molar-refractivity contribution in [3.05, 3.63) is 0 Å². The van der Waals surface area contributed by atoms with Crippen molar-refractivity contribution in [2.75, 3.05) is 6.54 Å². The van der Waals surface area contributed by atoms with Crippen LogP contribution < -0.4 is 5.73 Å². The first-order valence-corrected chi connectivity index (χ1v) is 8.04. The van der Waals surface area contributed by atoms with Crippen molar-refractivity contribution in [3.8, 4) is 0 Å². The molecule has 3 nitrogen and oxygen atoms in total. The minimum Gasteiger partial charge on any atom is -0.481 e. The zero-order valence-corrected chi connectivity index (χ0v) is 13.1. The first-order valence-electron chi connectivity index (χ1n) is 8.04. The number of hydrogen-bond donors (Lipinski definition) is 2. The van der Waals surface area contributed by atoms with E-state index in [2.05, 4.69) is 6.92 Å². The Morgan fingerprint density at radius 1 is 0.789 bits per heavy atom. The van der Waals surface area contributed by atoms with Gasteiger partial charge in [0.15, 0.2) is 0 Å². The largest absolute Gasteiger partial charge is 0.481 e. The van der Waals surface area contributed by atoms with E-state index in [0.717, 1.165) is 13.5 Å². The third-order valence-electron chi connectivity index (χ3n) is 3.06. The molecule has 0 aliphatic carbocycles. The number of nitrogens with two attached hydrogens (primary N) is 1. The highest BCUT2D eigenvalue weighted by molar-refractivity contribution is 5.62. The van der Waals surface area contributed by atoms with Crippen LogP contribution in [0.15, 0.2) is 0 Å². The Balaban J connectivity index is 0. The Morgan fingerprint density at radius 3 is 1.32 bits per heavy atom. The average Bonchev–Trinajstić information content (AvgIpc) is 2.35. The van der Waals surface area contributed by atoms with Gasteiger partial charge in [-0.1, -0.05) is 77.6 Å². The van der Waals surface area contributed by atoms with Crippen LogP contribution in [0.3, 0.4) is 0 Å². The molecule has 0 aliphatic rings. The molecule has 19 heavy (non-hydrogen) atoms. The van der Waals surface area contributed by atoms with Gasteiger partial charge in [0.05, 0.1) is 0 Å². The summed E-state index contributed by atoms with van der Waals surface area (Å²) in [5.74, 6) is -0.833. The molecule has 0 unspecified atom stereocenters. The van der Waals surface area contributed by atoms with Crippen LogP contribution in [0.1, 0.15) is 90.9 Å². The molecule has 0 atom stereocenters. The molecule has 3 N–H and O–H groups in total. The van der Waals surface area contributed by atoms with Crippen LogP contribution in [-0.2, 0) is 4.79 Å². The molecular weight excluding hydrogens is 238 g/mol. The number of unbranched alkanes of at least 4 members (excludes halogenated alkanes) is 11. The van der Waals surface area contributed by atoms with Crippen LogP contribution in [0, 0.1) is 0 Å². The summed E-state index contributed by atoms with van der Waals surface area (Å²) in [6.07, 6.45) is 16.9. The van der Waals surface area contributed by atoms with E-state index in [4.69, 9.17) is 15.6 Å². The van der Waals surface area contributed by atoms with Crippen LogP contribution >= 0.6 is 0 Å². The lowest BCUT2D eigenvalue weighted by Gasteiger charge is -2.01. The third kappa shape index (κ3) is 31.8. The monoisotopic (exact) mass is 273 g/mol. The number of rotatable bonds is 12. The molecule has 0 spiro atoms. The fraction of sp³-hybridized carbons (Fsp3) is 0.938. The maximum absolute atomic E-state index is 9.00. The minimum absolute atomic E-state index is 0.833. The van der Waals surface area contributed by atoms with Gasteiger partial charge in [-0.3, -0.25) is 4.79 Å². The van der Waals surface area contributed by atoms with E-state index in [-0.39, 0.29) is 0 Å². The van der Waals surface area contributed by atoms with Crippen LogP contribution in [0.4, 0.5) is 0 Å². The van der Waals surface area contributed by atoms with Gasteiger partial charge in [-0.05, 0) is 13.0 Å². The van der Waals surface area contributed by atoms with Gasteiger partial charge in [-0.2, -0.15) is 0 Å². The second-order valence-corrected chi connectivity index (χ2v) is 5.20. The molecule has 0 saturated carbocycles. The molecule has 0 amide bonds. The Labute approximate surface area is 120 Å². The van der Waals surface area contributed by atoms with Crippen LogP contribution in [0.2, 0.25) is 0 Å². The van der Waals surface area contributed by atoms with E-state index in [1.807, 2.05) is 0 Å². The number of aliphatic carboxylic acids is 1. The standard InChI is InChI=1S/C14H31N.C2H4O2/c1-2-3-4-5-6-7-8-9-10-11-12-13-14-15;1-2(3)4/h2-15H2,1H3;1H3,(H,3,4). The van der Waals surface area contributed by atoms with E-state index in [1.165, 1.54) is 77.0 Å². The zero-order valence-electron chi connectivity index (χ0n) is 13.1. The normalized spacial score (nSPS) is 9.84. The topological polar surface area (TPSA) is 63.3 Å².